The van der Waals surface area contributed by atoms with Crippen molar-refractivity contribution in [2.24, 2.45) is 0 Å². The number of nitrogens with one attached hydrogen (secondary N) is 3. The highest BCUT2D eigenvalue weighted by Gasteiger charge is 2.20. The lowest BCUT2D eigenvalue weighted by molar-refractivity contribution is 0.461. The number of hydrogen-bond donors (Lipinski definition) is 4. The van der Waals surface area contributed by atoms with Crippen molar-refractivity contribution in [2.75, 3.05) is 4.72 Å². The smallest absolute Gasteiger partial charge is 0.188 e. The van der Waals surface area contributed by atoms with Crippen LogP contribution in [0.25, 0.3) is 12.2 Å². The van der Waals surface area contributed by atoms with Gasteiger partial charge in [0.2, 0.25) is 0 Å². The SMILES string of the molecule is C=Cc1c(NS(=O)c2c(C)n[nH]c2C)cc(Sc2ncn[nH]2)c(O)c1C=C. The minimum absolute atomic E-state index is 0.0355. The molecule has 8 nitrogen and oxygen atoms in total. The van der Waals surface area contributed by atoms with Gasteiger partial charge in [-0.1, -0.05) is 25.3 Å². The van der Waals surface area contributed by atoms with Gasteiger partial charge in [-0.15, -0.1) is 0 Å². The van der Waals surface area contributed by atoms with Crippen molar-refractivity contribution < 1.29 is 9.32 Å². The summed E-state index contributed by atoms with van der Waals surface area (Å²) in [6.07, 6.45) is 4.48. The highest BCUT2D eigenvalue weighted by atomic mass is 32.2. The molecule has 4 N–H and O–H groups in total. The van der Waals surface area contributed by atoms with Gasteiger partial charge in [-0.05, 0) is 31.7 Å². The molecule has 3 rings (SSSR count). The summed E-state index contributed by atoms with van der Waals surface area (Å²) >= 11 is 1.20. The Hall–Kier alpha value is -2.85. The number of aromatic hydroxyl groups is 1. The summed E-state index contributed by atoms with van der Waals surface area (Å²) in [5, 5.41) is 24.6. The molecule has 2 aromatic heterocycles. The highest BCUT2D eigenvalue weighted by Crippen LogP contribution is 2.41. The van der Waals surface area contributed by atoms with E-state index in [0.29, 0.717) is 37.5 Å². The van der Waals surface area contributed by atoms with Crippen LogP contribution >= 0.6 is 11.8 Å². The fourth-order valence-electron chi connectivity index (χ4n) is 2.58. The third kappa shape index (κ3) is 3.67. The Morgan fingerprint density at radius 1 is 1.26 bits per heavy atom. The molecule has 140 valence electrons. The van der Waals surface area contributed by atoms with Crippen molar-refractivity contribution in [3.63, 3.8) is 0 Å². The van der Waals surface area contributed by atoms with Gasteiger partial charge in [0.25, 0.3) is 0 Å². The average Bonchev–Trinajstić information content (AvgIpc) is 3.26. The molecule has 0 fully saturated rings. The minimum atomic E-state index is -1.55. The van der Waals surface area contributed by atoms with Crippen LogP contribution in [0.5, 0.6) is 5.75 Å². The molecule has 0 radical (unpaired) electrons. The van der Waals surface area contributed by atoms with E-state index in [1.165, 1.54) is 24.2 Å². The minimum Gasteiger partial charge on any atom is -0.506 e. The molecule has 10 heteroatoms. The molecular weight excluding hydrogens is 384 g/mol. The van der Waals surface area contributed by atoms with Crippen LogP contribution in [0.15, 0.2) is 40.5 Å². The van der Waals surface area contributed by atoms with Crippen LogP contribution in [0.4, 0.5) is 5.69 Å². The predicted molar refractivity (Wildman–Crippen MR) is 107 cm³/mol. The van der Waals surface area contributed by atoms with Crippen LogP contribution < -0.4 is 4.72 Å². The summed E-state index contributed by atoms with van der Waals surface area (Å²) < 4.78 is 15.9. The Balaban J connectivity index is 2.06. The Bertz CT molecular complexity index is 1010. The van der Waals surface area contributed by atoms with Crippen molar-refractivity contribution >= 4 is 40.6 Å². The molecule has 1 atom stereocenters. The summed E-state index contributed by atoms with van der Waals surface area (Å²) in [6, 6.07) is 1.69. The first-order valence-corrected chi connectivity index (χ1v) is 9.81. The van der Waals surface area contributed by atoms with E-state index in [2.05, 4.69) is 43.3 Å². The van der Waals surface area contributed by atoms with Crippen LogP contribution in [-0.2, 0) is 11.0 Å². The predicted octanol–water partition coefficient (Wildman–Crippen LogP) is 3.42. The van der Waals surface area contributed by atoms with Crippen molar-refractivity contribution in [3.8, 4) is 5.75 Å². The third-order valence-corrected chi connectivity index (χ3v) is 6.10. The van der Waals surface area contributed by atoms with E-state index in [0.717, 1.165) is 5.69 Å². The van der Waals surface area contributed by atoms with Crippen molar-refractivity contribution in [1.82, 2.24) is 25.4 Å². The number of phenols is 1. The number of rotatable bonds is 7. The van der Waals surface area contributed by atoms with Gasteiger partial charge in [0.15, 0.2) is 16.1 Å². The number of nitrogens with zero attached hydrogens (tertiary/aromatic N) is 3. The van der Waals surface area contributed by atoms with E-state index in [-0.39, 0.29) is 5.75 Å². The summed E-state index contributed by atoms with van der Waals surface area (Å²) in [4.78, 5) is 5.14. The first-order chi connectivity index (χ1) is 13.0. The summed E-state index contributed by atoms with van der Waals surface area (Å²) in [6.45, 7) is 11.2. The summed E-state index contributed by atoms with van der Waals surface area (Å²) in [5.41, 5.74) is 2.99. The molecular formula is C17H18N6O2S2. The average molecular weight is 403 g/mol. The number of aromatic nitrogens is 5. The second kappa shape index (κ2) is 7.80. The van der Waals surface area contributed by atoms with Crippen LogP contribution in [0.1, 0.15) is 22.5 Å². The van der Waals surface area contributed by atoms with Crippen LogP contribution in [0, 0.1) is 13.8 Å². The number of phenolic OH excluding ortho intramolecular Hbond substituents is 1. The Morgan fingerprint density at radius 2 is 2.00 bits per heavy atom. The quantitative estimate of drug-likeness (QED) is 0.450. The summed E-state index contributed by atoms with van der Waals surface area (Å²) in [7, 11) is -1.55. The zero-order valence-electron chi connectivity index (χ0n) is 14.7. The standard InChI is InChI=1S/C17H18N6O2S2/c1-5-11-12(6-2)15(24)14(26-17-18-8-19-22-17)7-13(11)23-27(25)16-9(3)20-21-10(16)4/h5-8,23-24H,1-2H2,3-4H3,(H,20,21)(H,18,19,22). The van der Waals surface area contributed by atoms with Crippen molar-refractivity contribution in [1.29, 1.82) is 0 Å². The monoisotopic (exact) mass is 402 g/mol. The second-order valence-electron chi connectivity index (χ2n) is 5.53. The molecule has 0 saturated carbocycles. The summed E-state index contributed by atoms with van der Waals surface area (Å²) in [5.74, 6) is 0.0355. The first kappa shape index (κ1) is 18.9. The lowest BCUT2D eigenvalue weighted by Crippen LogP contribution is -2.08. The van der Waals surface area contributed by atoms with Crippen LogP contribution in [0.3, 0.4) is 0 Å². The number of hydrogen-bond acceptors (Lipinski definition) is 6. The van der Waals surface area contributed by atoms with E-state index >= 15 is 0 Å². The fourth-order valence-corrected chi connectivity index (χ4v) is 4.48. The number of aromatic amines is 2. The van der Waals surface area contributed by atoms with Gasteiger partial charge < -0.3 is 9.83 Å². The molecule has 0 aliphatic carbocycles. The van der Waals surface area contributed by atoms with Gasteiger partial charge in [0.1, 0.15) is 17.0 Å². The highest BCUT2D eigenvalue weighted by molar-refractivity contribution is 7.99. The molecule has 0 aliphatic heterocycles. The Kier molecular flexibility index (Phi) is 5.47. The molecule has 27 heavy (non-hydrogen) atoms. The van der Waals surface area contributed by atoms with E-state index in [4.69, 9.17) is 0 Å². The molecule has 1 unspecified atom stereocenters. The number of anilines is 1. The molecule has 0 spiro atoms. The van der Waals surface area contributed by atoms with E-state index in [9.17, 15) is 9.32 Å². The maximum atomic E-state index is 12.9. The van der Waals surface area contributed by atoms with Gasteiger partial charge in [0, 0.05) is 11.1 Å². The lowest BCUT2D eigenvalue weighted by Gasteiger charge is -2.16. The molecule has 0 aliphatic rings. The zero-order chi connectivity index (χ0) is 19.6. The van der Waals surface area contributed by atoms with Gasteiger partial charge in [-0.3, -0.25) is 10.2 Å². The van der Waals surface area contributed by atoms with Crippen LogP contribution in [0.2, 0.25) is 0 Å². The molecule has 0 bridgehead atoms. The molecule has 3 aromatic rings. The molecule has 0 amide bonds. The normalized spacial score (nSPS) is 11.9. The van der Waals surface area contributed by atoms with Gasteiger partial charge >= 0.3 is 0 Å². The number of aryl methyl sites for hydroxylation is 2. The van der Waals surface area contributed by atoms with Crippen LogP contribution in [-0.4, -0.2) is 34.7 Å². The topological polar surface area (TPSA) is 120 Å². The largest absolute Gasteiger partial charge is 0.506 e. The lowest BCUT2D eigenvalue weighted by atomic mass is 10.0. The van der Waals surface area contributed by atoms with E-state index < -0.39 is 11.0 Å². The van der Waals surface area contributed by atoms with Crippen molar-refractivity contribution in [2.45, 2.75) is 28.8 Å². The zero-order valence-corrected chi connectivity index (χ0v) is 16.4. The molecule has 1 aromatic carbocycles. The molecule has 0 saturated heterocycles. The van der Waals surface area contributed by atoms with Gasteiger partial charge in [-0.2, -0.15) is 10.2 Å². The van der Waals surface area contributed by atoms with Crippen molar-refractivity contribution in [3.05, 3.63) is 48.1 Å². The van der Waals surface area contributed by atoms with Gasteiger partial charge in [0.05, 0.1) is 22.0 Å². The van der Waals surface area contributed by atoms with E-state index in [1.807, 2.05) is 0 Å². The number of benzene rings is 1. The third-order valence-electron chi connectivity index (χ3n) is 3.80. The molecule has 2 heterocycles. The maximum absolute atomic E-state index is 12.9. The number of H-pyrrole nitrogens is 2. The van der Waals surface area contributed by atoms with Gasteiger partial charge in [-0.25, -0.2) is 9.19 Å². The fraction of sp³-hybridized carbons (Fsp3) is 0.118. The Labute approximate surface area is 162 Å². The Morgan fingerprint density at radius 3 is 2.56 bits per heavy atom. The maximum Gasteiger partial charge on any atom is 0.188 e. The second-order valence-corrected chi connectivity index (χ2v) is 7.71. The first-order valence-electron chi connectivity index (χ1n) is 7.84. The van der Waals surface area contributed by atoms with E-state index in [1.54, 1.807) is 26.0 Å².